The van der Waals surface area contributed by atoms with Crippen molar-refractivity contribution in [1.29, 1.82) is 0 Å². The topological polar surface area (TPSA) is 83.3 Å². The molecule has 1 amide bonds. The van der Waals surface area contributed by atoms with Crippen molar-refractivity contribution in [3.05, 3.63) is 22.7 Å². The van der Waals surface area contributed by atoms with Gasteiger partial charge >= 0.3 is 0 Å². The number of amides is 1. The number of thiophene rings is 1. The van der Waals surface area contributed by atoms with E-state index in [4.69, 9.17) is 4.52 Å². The maximum atomic E-state index is 11.9. The van der Waals surface area contributed by atoms with E-state index in [1.165, 1.54) is 0 Å². The molecule has 0 bridgehead atoms. The Morgan fingerprint density at radius 1 is 1.43 bits per heavy atom. The van der Waals surface area contributed by atoms with Gasteiger partial charge in [0.05, 0.1) is 0 Å². The third-order valence-corrected chi connectivity index (χ3v) is 4.46. The molecule has 1 fully saturated rings. The maximum Gasteiger partial charge on any atom is 0.227 e. The van der Waals surface area contributed by atoms with Crippen molar-refractivity contribution in [2.24, 2.45) is 0 Å². The summed E-state index contributed by atoms with van der Waals surface area (Å²) in [6.45, 7) is 5.72. The first kappa shape index (κ1) is 16.1. The number of carbonyl (C=O) groups excluding carboxylic acids is 1. The molecule has 2 N–H and O–H groups in total. The third-order valence-electron chi connectivity index (χ3n) is 3.77. The number of hydrogen-bond acceptors (Lipinski definition) is 7. The Bertz CT molecular complexity index is 607. The predicted molar refractivity (Wildman–Crippen MR) is 88.3 cm³/mol. The molecule has 0 atom stereocenters. The van der Waals surface area contributed by atoms with E-state index in [1.807, 2.05) is 16.8 Å². The molecule has 0 unspecified atom stereocenters. The lowest BCUT2D eigenvalue weighted by molar-refractivity contribution is -0.121. The SMILES string of the molecule is O=C(CCc1nc(-c2ccsc2)no1)NCCN1CCNCC1. The van der Waals surface area contributed by atoms with Gasteiger partial charge in [-0.2, -0.15) is 16.3 Å². The summed E-state index contributed by atoms with van der Waals surface area (Å²) in [5.41, 5.74) is 0.950. The molecular weight excluding hydrogens is 314 g/mol. The normalized spacial score (nSPS) is 15.7. The van der Waals surface area contributed by atoms with E-state index < -0.39 is 0 Å². The van der Waals surface area contributed by atoms with Crippen LogP contribution in [0.3, 0.4) is 0 Å². The monoisotopic (exact) mass is 335 g/mol. The smallest absolute Gasteiger partial charge is 0.227 e. The van der Waals surface area contributed by atoms with Crippen LogP contribution in [0.25, 0.3) is 11.4 Å². The number of nitrogens with one attached hydrogen (secondary N) is 2. The lowest BCUT2D eigenvalue weighted by Gasteiger charge is -2.27. The van der Waals surface area contributed by atoms with E-state index in [9.17, 15) is 4.79 Å². The Morgan fingerprint density at radius 2 is 2.30 bits per heavy atom. The van der Waals surface area contributed by atoms with Crippen LogP contribution in [-0.2, 0) is 11.2 Å². The maximum absolute atomic E-state index is 11.9. The number of nitrogens with zero attached hydrogens (tertiary/aromatic N) is 3. The zero-order valence-corrected chi connectivity index (χ0v) is 13.8. The number of piperazine rings is 1. The average Bonchev–Trinajstić information content (AvgIpc) is 3.25. The lowest BCUT2D eigenvalue weighted by Crippen LogP contribution is -2.46. The van der Waals surface area contributed by atoms with Crippen LogP contribution in [0.4, 0.5) is 0 Å². The van der Waals surface area contributed by atoms with Crippen molar-refractivity contribution in [2.75, 3.05) is 39.3 Å². The molecule has 0 aliphatic carbocycles. The molecule has 2 aromatic heterocycles. The highest BCUT2D eigenvalue weighted by atomic mass is 32.1. The Balaban J connectivity index is 1.35. The minimum Gasteiger partial charge on any atom is -0.355 e. The van der Waals surface area contributed by atoms with Gasteiger partial charge in [0.15, 0.2) is 0 Å². The van der Waals surface area contributed by atoms with Crippen LogP contribution < -0.4 is 10.6 Å². The fourth-order valence-electron chi connectivity index (χ4n) is 2.46. The number of aryl methyl sites for hydroxylation is 1. The summed E-state index contributed by atoms with van der Waals surface area (Å²) in [7, 11) is 0. The van der Waals surface area contributed by atoms with Crippen LogP contribution in [0.2, 0.25) is 0 Å². The van der Waals surface area contributed by atoms with Gasteiger partial charge in [-0.3, -0.25) is 9.69 Å². The molecule has 1 aliphatic rings. The average molecular weight is 335 g/mol. The van der Waals surface area contributed by atoms with Crippen molar-refractivity contribution in [1.82, 2.24) is 25.7 Å². The Kier molecular flexibility index (Phi) is 5.73. The quantitative estimate of drug-likeness (QED) is 0.777. The van der Waals surface area contributed by atoms with E-state index in [2.05, 4.69) is 25.7 Å². The van der Waals surface area contributed by atoms with Crippen LogP contribution in [0.1, 0.15) is 12.3 Å². The van der Waals surface area contributed by atoms with Gasteiger partial charge in [0.25, 0.3) is 0 Å². The zero-order chi connectivity index (χ0) is 15.9. The Morgan fingerprint density at radius 3 is 3.09 bits per heavy atom. The second kappa shape index (κ2) is 8.19. The number of carbonyl (C=O) groups is 1. The fraction of sp³-hybridized carbons (Fsp3) is 0.533. The molecule has 0 spiro atoms. The molecule has 1 aliphatic heterocycles. The van der Waals surface area contributed by atoms with E-state index >= 15 is 0 Å². The largest absolute Gasteiger partial charge is 0.355 e. The zero-order valence-electron chi connectivity index (χ0n) is 13.0. The minimum atomic E-state index is 0.0235. The molecule has 124 valence electrons. The van der Waals surface area contributed by atoms with Crippen molar-refractivity contribution in [3.8, 4) is 11.4 Å². The first-order valence-corrected chi connectivity index (χ1v) is 8.80. The second-order valence-electron chi connectivity index (χ2n) is 5.47. The van der Waals surface area contributed by atoms with Crippen molar-refractivity contribution in [2.45, 2.75) is 12.8 Å². The summed E-state index contributed by atoms with van der Waals surface area (Å²) in [6.07, 6.45) is 0.837. The van der Waals surface area contributed by atoms with E-state index in [1.54, 1.807) is 11.3 Å². The van der Waals surface area contributed by atoms with E-state index in [0.717, 1.165) is 38.3 Å². The van der Waals surface area contributed by atoms with Crippen LogP contribution in [-0.4, -0.2) is 60.2 Å². The number of hydrogen-bond donors (Lipinski definition) is 2. The summed E-state index contributed by atoms with van der Waals surface area (Å²) in [6, 6.07) is 1.95. The Labute approximate surface area is 139 Å². The van der Waals surface area contributed by atoms with Crippen LogP contribution >= 0.6 is 11.3 Å². The summed E-state index contributed by atoms with van der Waals surface area (Å²) in [5.74, 6) is 1.11. The van der Waals surface area contributed by atoms with Crippen LogP contribution in [0.15, 0.2) is 21.3 Å². The number of aromatic nitrogens is 2. The van der Waals surface area contributed by atoms with Gasteiger partial charge in [0.1, 0.15) is 0 Å². The van der Waals surface area contributed by atoms with Gasteiger partial charge < -0.3 is 15.2 Å². The van der Waals surface area contributed by atoms with Gasteiger partial charge in [-0.05, 0) is 11.4 Å². The summed E-state index contributed by atoms with van der Waals surface area (Å²) < 4.78 is 5.19. The highest BCUT2D eigenvalue weighted by molar-refractivity contribution is 7.08. The predicted octanol–water partition coefficient (Wildman–Crippen LogP) is 0.752. The van der Waals surface area contributed by atoms with Crippen LogP contribution in [0, 0.1) is 0 Å². The highest BCUT2D eigenvalue weighted by Crippen LogP contribution is 2.18. The van der Waals surface area contributed by atoms with E-state index in [0.29, 0.717) is 31.1 Å². The van der Waals surface area contributed by atoms with Crippen molar-refractivity contribution >= 4 is 17.2 Å². The lowest BCUT2D eigenvalue weighted by atomic mass is 10.3. The number of rotatable bonds is 7. The van der Waals surface area contributed by atoms with Gasteiger partial charge in [0.2, 0.25) is 17.6 Å². The summed E-state index contributed by atoms with van der Waals surface area (Å²) in [5, 5.41) is 14.1. The van der Waals surface area contributed by atoms with Gasteiger partial charge in [-0.15, -0.1) is 0 Å². The molecule has 3 rings (SSSR count). The van der Waals surface area contributed by atoms with Gasteiger partial charge in [-0.25, -0.2) is 0 Å². The highest BCUT2D eigenvalue weighted by Gasteiger charge is 2.12. The Hall–Kier alpha value is -1.77. The third kappa shape index (κ3) is 4.85. The molecule has 7 nitrogen and oxygen atoms in total. The molecule has 8 heteroatoms. The fourth-order valence-corrected chi connectivity index (χ4v) is 3.10. The van der Waals surface area contributed by atoms with E-state index in [-0.39, 0.29) is 5.91 Å². The minimum absolute atomic E-state index is 0.0235. The molecule has 0 aromatic carbocycles. The van der Waals surface area contributed by atoms with Gasteiger partial charge in [0, 0.05) is 63.1 Å². The van der Waals surface area contributed by atoms with Crippen molar-refractivity contribution < 1.29 is 9.32 Å². The summed E-state index contributed by atoms with van der Waals surface area (Å²) >= 11 is 1.59. The molecule has 0 radical (unpaired) electrons. The molecule has 23 heavy (non-hydrogen) atoms. The first-order valence-electron chi connectivity index (χ1n) is 7.86. The molecule has 3 heterocycles. The van der Waals surface area contributed by atoms with Gasteiger partial charge in [-0.1, -0.05) is 5.16 Å². The second-order valence-corrected chi connectivity index (χ2v) is 6.25. The molecule has 0 saturated carbocycles. The molecular formula is C15H21N5O2S. The first-order chi connectivity index (χ1) is 11.3. The standard InChI is InChI=1S/C15H21N5O2S/c21-13(17-6-9-20-7-4-16-5-8-20)1-2-14-18-15(19-22-14)12-3-10-23-11-12/h3,10-11,16H,1-2,4-9H2,(H,17,21). The summed E-state index contributed by atoms with van der Waals surface area (Å²) in [4.78, 5) is 18.5. The molecule has 2 aromatic rings. The van der Waals surface area contributed by atoms with Crippen LogP contribution in [0.5, 0.6) is 0 Å². The van der Waals surface area contributed by atoms with Crippen molar-refractivity contribution in [3.63, 3.8) is 0 Å². The molecule has 1 saturated heterocycles.